The summed E-state index contributed by atoms with van der Waals surface area (Å²) in [6.07, 6.45) is 1.98. The summed E-state index contributed by atoms with van der Waals surface area (Å²) in [4.78, 5) is 17.1. The average Bonchev–Trinajstić information content (AvgIpc) is 3.14. The molecule has 4 aromatic rings. The molecule has 4 rings (SSSR count). The molecule has 0 radical (unpaired) electrons. The molecule has 2 heterocycles. The highest BCUT2D eigenvalue weighted by molar-refractivity contribution is 5.99. The van der Waals surface area contributed by atoms with Crippen LogP contribution in [0.3, 0.4) is 0 Å². The molecule has 0 aliphatic carbocycles. The second-order valence-corrected chi connectivity index (χ2v) is 6.53. The van der Waals surface area contributed by atoms with E-state index in [0.29, 0.717) is 11.5 Å². The minimum absolute atomic E-state index is 0.180. The number of imidazole rings is 1. The highest BCUT2D eigenvalue weighted by Gasteiger charge is 2.22. The Balaban J connectivity index is 1.68. The second-order valence-electron chi connectivity index (χ2n) is 6.53. The van der Waals surface area contributed by atoms with Crippen molar-refractivity contribution in [2.24, 2.45) is 14.1 Å². The number of nitrogens with one attached hydrogen (secondary N) is 1. The van der Waals surface area contributed by atoms with Gasteiger partial charge in [0.1, 0.15) is 5.52 Å². The van der Waals surface area contributed by atoms with Crippen LogP contribution in [0.1, 0.15) is 18.4 Å². The van der Waals surface area contributed by atoms with E-state index in [1.165, 1.54) is 6.07 Å². The van der Waals surface area contributed by atoms with Crippen molar-refractivity contribution in [1.82, 2.24) is 14.1 Å². The standard InChI is InChI=1S/C20H19FN4O/c1-12(14-11-24(2)16-9-5-4-7-13(14)16)19(26)23-20-22-18-15(21)8-6-10-17(18)25(20)3/h4-12H,1-3H3,(H,22,23,26). The van der Waals surface area contributed by atoms with Gasteiger partial charge in [-0.25, -0.2) is 9.37 Å². The minimum atomic E-state index is -0.402. The molecule has 1 atom stereocenters. The first-order valence-corrected chi connectivity index (χ1v) is 8.43. The van der Waals surface area contributed by atoms with E-state index in [0.717, 1.165) is 16.5 Å². The van der Waals surface area contributed by atoms with Crippen molar-refractivity contribution in [1.29, 1.82) is 0 Å². The molecule has 132 valence electrons. The number of carbonyl (C=O) groups excluding carboxylic acids is 1. The first kappa shape index (κ1) is 16.3. The topological polar surface area (TPSA) is 51.9 Å². The van der Waals surface area contributed by atoms with Crippen molar-refractivity contribution in [2.75, 3.05) is 5.32 Å². The Labute approximate surface area is 150 Å². The van der Waals surface area contributed by atoms with Crippen molar-refractivity contribution in [2.45, 2.75) is 12.8 Å². The van der Waals surface area contributed by atoms with Gasteiger partial charge in [0, 0.05) is 31.2 Å². The number of benzene rings is 2. The maximum absolute atomic E-state index is 13.9. The van der Waals surface area contributed by atoms with Crippen molar-refractivity contribution < 1.29 is 9.18 Å². The monoisotopic (exact) mass is 350 g/mol. The van der Waals surface area contributed by atoms with Crippen LogP contribution in [-0.4, -0.2) is 20.0 Å². The van der Waals surface area contributed by atoms with Crippen LogP contribution in [-0.2, 0) is 18.9 Å². The van der Waals surface area contributed by atoms with E-state index in [2.05, 4.69) is 10.3 Å². The number of hydrogen-bond donors (Lipinski definition) is 1. The number of para-hydroxylation sites is 2. The lowest BCUT2D eigenvalue weighted by Crippen LogP contribution is -2.20. The smallest absolute Gasteiger partial charge is 0.234 e. The number of aryl methyl sites for hydroxylation is 2. The largest absolute Gasteiger partial charge is 0.350 e. The number of halogens is 1. The summed E-state index contributed by atoms with van der Waals surface area (Å²) in [6, 6.07) is 12.7. The van der Waals surface area contributed by atoms with Crippen LogP contribution in [0.25, 0.3) is 21.9 Å². The van der Waals surface area contributed by atoms with Crippen LogP contribution in [0, 0.1) is 5.82 Å². The lowest BCUT2D eigenvalue weighted by molar-refractivity contribution is -0.117. The highest BCUT2D eigenvalue weighted by Crippen LogP contribution is 2.28. The van der Waals surface area contributed by atoms with Crippen molar-refractivity contribution in [3.8, 4) is 0 Å². The fourth-order valence-corrected chi connectivity index (χ4v) is 3.37. The maximum atomic E-state index is 13.9. The van der Waals surface area contributed by atoms with E-state index < -0.39 is 5.82 Å². The number of nitrogens with zero attached hydrogens (tertiary/aromatic N) is 3. The van der Waals surface area contributed by atoms with Gasteiger partial charge >= 0.3 is 0 Å². The van der Waals surface area contributed by atoms with E-state index in [1.54, 1.807) is 23.7 Å². The molecule has 0 saturated heterocycles. The number of amides is 1. The van der Waals surface area contributed by atoms with Crippen LogP contribution in [0.5, 0.6) is 0 Å². The Morgan fingerprint density at radius 1 is 1.12 bits per heavy atom. The number of fused-ring (bicyclic) bond motifs is 2. The molecule has 2 aromatic heterocycles. The van der Waals surface area contributed by atoms with Gasteiger partial charge in [-0.15, -0.1) is 0 Å². The molecule has 6 heteroatoms. The van der Waals surface area contributed by atoms with Gasteiger partial charge in [-0.05, 0) is 30.7 Å². The molecule has 0 saturated carbocycles. The quantitative estimate of drug-likeness (QED) is 0.608. The van der Waals surface area contributed by atoms with Crippen LogP contribution in [0.15, 0.2) is 48.7 Å². The Kier molecular flexibility index (Phi) is 3.76. The van der Waals surface area contributed by atoms with Gasteiger partial charge in [0.25, 0.3) is 0 Å². The molecular formula is C20H19FN4O. The third kappa shape index (κ3) is 2.45. The fraction of sp³-hybridized carbons (Fsp3) is 0.200. The normalized spacial score (nSPS) is 12.6. The van der Waals surface area contributed by atoms with Crippen molar-refractivity contribution >= 4 is 33.8 Å². The van der Waals surface area contributed by atoms with E-state index in [9.17, 15) is 9.18 Å². The molecule has 2 aromatic carbocycles. The molecule has 1 N–H and O–H groups in total. The molecule has 0 fully saturated rings. The summed E-state index contributed by atoms with van der Waals surface area (Å²) < 4.78 is 17.6. The molecular weight excluding hydrogens is 331 g/mol. The Morgan fingerprint density at radius 3 is 2.62 bits per heavy atom. The summed E-state index contributed by atoms with van der Waals surface area (Å²) >= 11 is 0. The first-order valence-electron chi connectivity index (χ1n) is 8.43. The van der Waals surface area contributed by atoms with Crippen LogP contribution in [0.4, 0.5) is 10.3 Å². The predicted octanol–water partition coefficient (Wildman–Crippen LogP) is 3.95. The third-order valence-corrected chi connectivity index (χ3v) is 4.88. The zero-order chi connectivity index (χ0) is 18.4. The molecule has 0 spiro atoms. The average molecular weight is 350 g/mol. The Morgan fingerprint density at radius 2 is 1.85 bits per heavy atom. The van der Waals surface area contributed by atoms with Gasteiger partial charge < -0.3 is 9.13 Å². The van der Waals surface area contributed by atoms with E-state index in [1.807, 2.05) is 49.0 Å². The Hall–Kier alpha value is -3.15. The maximum Gasteiger partial charge on any atom is 0.234 e. The second kappa shape index (κ2) is 5.98. The van der Waals surface area contributed by atoms with Crippen molar-refractivity contribution in [3.63, 3.8) is 0 Å². The molecule has 1 amide bonds. The fourth-order valence-electron chi connectivity index (χ4n) is 3.37. The molecule has 0 aliphatic rings. The van der Waals surface area contributed by atoms with Gasteiger partial charge in [-0.1, -0.05) is 24.3 Å². The van der Waals surface area contributed by atoms with Gasteiger partial charge in [0.15, 0.2) is 5.82 Å². The Bertz CT molecular complexity index is 1140. The number of rotatable bonds is 3. The van der Waals surface area contributed by atoms with E-state index in [4.69, 9.17) is 0 Å². The molecule has 0 aliphatic heterocycles. The molecule has 0 bridgehead atoms. The van der Waals surface area contributed by atoms with Crippen molar-refractivity contribution in [3.05, 3.63) is 60.0 Å². The number of aromatic nitrogens is 3. The lowest BCUT2D eigenvalue weighted by atomic mass is 10.00. The van der Waals surface area contributed by atoms with Crippen LogP contribution >= 0.6 is 0 Å². The summed E-state index contributed by atoms with van der Waals surface area (Å²) in [5.41, 5.74) is 2.92. The lowest BCUT2D eigenvalue weighted by Gasteiger charge is -2.11. The summed E-state index contributed by atoms with van der Waals surface area (Å²) in [7, 11) is 3.72. The first-order chi connectivity index (χ1) is 12.5. The van der Waals surface area contributed by atoms with E-state index in [-0.39, 0.29) is 17.3 Å². The highest BCUT2D eigenvalue weighted by atomic mass is 19.1. The van der Waals surface area contributed by atoms with Gasteiger partial charge in [0.2, 0.25) is 11.9 Å². The number of carbonyl (C=O) groups is 1. The SMILES string of the molecule is CC(C(=O)Nc1nc2c(F)cccc2n1C)c1cn(C)c2ccccc12. The summed E-state index contributed by atoms with van der Waals surface area (Å²) in [5, 5.41) is 3.89. The zero-order valence-corrected chi connectivity index (χ0v) is 14.8. The summed E-state index contributed by atoms with van der Waals surface area (Å²) in [6.45, 7) is 1.86. The van der Waals surface area contributed by atoms with Crippen LogP contribution in [0.2, 0.25) is 0 Å². The number of hydrogen-bond acceptors (Lipinski definition) is 2. The molecule has 26 heavy (non-hydrogen) atoms. The van der Waals surface area contributed by atoms with Gasteiger partial charge in [-0.3, -0.25) is 10.1 Å². The van der Waals surface area contributed by atoms with Crippen LogP contribution < -0.4 is 5.32 Å². The zero-order valence-electron chi connectivity index (χ0n) is 14.8. The molecule has 1 unspecified atom stereocenters. The third-order valence-electron chi connectivity index (χ3n) is 4.88. The predicted molar refractivity (Wildman–Crippen MR) is 101 cm³/mol. The van der Waals surface area contributed by atoms with Gasteiger partial charge in [0.05, 0.1) is 11.4 Å². The minimum Gasteiger partial charge on any atom is -0.350 e. The number of anilines is 1. The van der Waals surface area contributed by atoms with Gasteiger partial charge in [-0.2, -0.15) is 0 Å². The summed E-state index contributed by atoms with van der Waals surface area (Å²) in [5.74, 6) is -0.617. The molecule has 5 nitrogen and oxygen atoms in total. The van der Waals surface area contributed by atoms with E-state index >= 15 is 0 Å².